The summed E-state index contributed by atoms with van der Waals surface area (Å²) < 4.78 is 8.11. The van der Waals surface area contributed by atoms with Crippen LogP contribution in [0.2, 0.25) is 0 Å². The van der Waals surface area contributed by atoms with Crippen LogP contribution in [0.3, 0.4) is 0 Å². The quantitative estimate of drug-likeness (QED) is 0.497. The van der Waals surface area contributed by atoms with Gasteiger partial charge < -0.3 is 15.8 Å². The van der Waals surface area contributed by atoms with Crippen LogP contribution in [0.5, 0.6) is 11.5 Å². The van der Waals surface area contributed by atoms with Crippen molar-refractivity contribution in [1.82, 2.24) is 14.8 Å². The van der Waals surface area contributed by atoms with Crippen molar-refractivity contribution in [1.29, 1.82) is 0 Å². The molecule has 4 aromatic rings. The lowest BCUT2D eigenvalue weighted by Crippen LogP contribution is -2.40. The molecule has 0 unspecified atom stereocenters. The molecule has 0 bridgehead atoms. The molecule has 158 valence electrons. The molecule has 3 heterocycles. The van der Waals surface area contributed by atoms with Crippen LogP contribution in [0.25, 0.3) is 16.9 Å². The smallest absolute Gasteiger partial charge is 0.235 e. The molecule has 6 rings (SSSR count). The van der Waals surface area contributed by atoms with Crippen molar-refractivity contribution in [3.63, 3.8) is 0 Å². The van der Waals surface area contributed by atoms with Crippen LogP contribution >= 0.6 is 0 Å². The number of amides is 1. The largest absolute Gasteiger partial charge is 0.454 e. The number of nitrogens with one attached hydrogen (secondary N) is 1. The maximum atomic E-state index is 13.0. The third-order valence-corrected chi connectivity index (χ3v) is 6.42. The van der Waals surface area contributed by atoms with E-state index in [1.807, 2.05) is 47.1 Å². The van der Waals surface area contributed by atoms with Crippen molar-refractivity contribution < 1.29 is 9.53 Å². The fourth-order valence-corrected chi connectivity index (χ4v) is 4.61. The summed E-state index contributed by atoms with van der Waals surface area (Å²) >= 11 is 0. The van der Waals surface area contributed by atoms with Crippen molar-refractivity contribution in [2.45, 2.75) is 24.7 Å². The van der Waals surface area contributed by atoms with E-state index in [-0.39, 0.29) is 5.91 Å². The molecule has 0 radical (unpaired) electrons. The molecule has 7 heteroatoms. The van der Waals surface area contributed by atoms with E-state index in [1.165, 1.54) is 0 Å². The Morgan fingerprint density at radius 2 is 1.91 bits per heavy atom. The predicted octanol–water partition coefficient (Wildman–Crippen LogP) is 4.68. The van der Waals surface area contributed by atoms with Crippen LogP contribution < -0.4 is 15.8 Å². The van der Waals surface area contributed by atoms with Gasteiger partial charge in [-0.1, -0.05) is 24.6 Å². The minimum atomic E-state index is -0.472. The standard InChI is InChI=1S/C25H21N5O2/c26-22-8-7-18(15-27-22)32-21-14-16(13-19-23(21)29-24(31)25(19)10-4-11-25)20-9-12-28-30(20)17-5-2-1-3-6-17/h1-3,5-9,12-15H,4,10-11H2,(H2,26,27)(H,29,31). The first-order valence-electron chi connectivity index (χ1n) is 10.6. The van der Waals surface area contributed by atoms with Crippen molar-refractivity contribution in [3.05, 3.63) is 78.6 Å². The van der Waals surface area contributed by atoms with Crippen molar-refractivity contribution in [3.8, 4) is 28.4 Å². The van der Waals surface area contributed by atoms with Gasteiger partial charge in [-0.3, -0.25) is 4.79 Å². The molecule has 1 spiro atoms. The third kappa shape index (κ3) is 2.78. The average molecular weight is 423 g/mol. The van der Waals surface area contributed by atoms with Gasteiger partial charge in [-0.2, -0.15) is 5.10 Å². The van der Waals surface area contributed by atoms with E-state index in [9.17, 15) is 4.79 Å². The Balaban J connectivity index is 1.51. The van der Waals surface area contributed by atoms with Gasteiger partial charge >= 0.3 is 0 Å². The summed E-state index contributed by atoms with van der Waals surface area (Å²) in [5, 5.41) is 7.61. The van der Waals surface area contributed by atoms with Gasteiger partial charge in [-0.25, -0.2) is 9.67 Å². The van der Waals surface area contributed by atoms with Crippen LogP contribution in [-0.2, 0) is 10.2 Å². The Kier molecular flexibility index (Phi) is 4.04. The number of ether oxygens (including phenoxy) is 1. The lowest BCUT2D eigenvalue weighted by Gasteiger charge is -2.36. The average Bonchev–Trinajstić information content (AvgIpc) is 3.38. The zero-order valence-electron chi connectivity index (χ0n) is 17.3. The van der Waals surface area contributed by atoms with Gasteiger partial charge in [0.25, 0.3) is 0 Å². The van der Waals surface area contributed by atoms with Crippen LogP contribution in [0.15, 0.2) is 73.1 Å². The van der Waals surface area contributed by atoms with Crippen molar-refractivity contribution in [2.24, 2.45) is 0 Å². The third-order valence-electron chi connectivity index (χ3n) is 6.42. The molecule has 1 saturated carbocycles. The number of benzene rings is 2. The summed E-state index contributed by atoms with van der Waals surface area (Å²) in [6.07, 6.45) is 6.09. The SMILES string of the molecule is Nc1ccc(Oc2cc(-c3ccnn3-c3ccccc3)cc3c2NC(=O)C32CCC2)cn1. The maximum Gasteiger partial charge on any atom is 0.235 e. The zero-order chi connectivity index (χ0) is 21.7. The Bertz CT molecular complexity index is 1320. The van der Waals surface area contributed by atoms with E-state index < -0.39 is 5.41 Å². The van der Waals surface area contributed by atoms with Crippen LogP contribution in [0.4, 0.5) is 11.5 Å². The summed E-state index contributed by atoms with van der Waals surface area (Å²) in [5.74, 6) is 1.61. The van der Waals surface area contributed by atoms with E-state index in [2.05, 4.69) is 21.5 Å². The molecule has 1 aliphatic heterocycles. The first kappa shape index (κ1) is 18.6. The van der Waals surface area contributed by atoms with Crippen LogP contribution in [0, 0.1) is 0 Å². The summed E-state index contributed by atoms with van der Waals surface area (Å²) in [6.45, 7) is 0. The second-order valence-electron chi connectivity index (χ2n) is 8.27. The number of aromatic nitrogens is 3. The first-order chi connectivity index (χ1) is 15.6. The van der Waals surface area contributed by atoms with E-state index in [1.54, 1.807) is 24.5 Å². The molecule has 0 saturated heterocycles. The van der Waals surface area contributed by atoms with Gasteiger partial charge in [0.15, 0.2) is 5.75 Å². The molecule has 1 aliphatic carbocycles. The normalized spacial score (nSPS) is 15.8. The molecule has 2 aliphatic rings. The van der Waals surface area contributed by atoms with E-state index in [0.717, 1.165) is 47.5 Å². The van der Waals surface area contributed by atoms with E-state index in [0.29, 0.717) is 17.3 Å². The number of nitrogen functional groups attached to an aromatic ring is 1. The lowest BCUT2D eigenvalue weighted by atomic mass is 9.65. The fraction of sp³-hybridized carbons (Fsp3) is 0.160. The van der Waals surface area contributed by atoms with Gasteiger partial charge in [0.2, 0.25) is 5.91 Å². The number of hydrogen-bond acceptors (Lipinski definition) is 5. The molecule has 7 nitrogen and oxygen atoms in total. The molecule has 2 aromatic heterocycles. The number of para-hydroxylation sites is 1. The topological polar surface area (TPSA) is 95.1 Å². The first-order valence-corrected chi connectivity index (χ1v) is 10.6. The second-order valence-corrected chi connectivity index (χ2v) is 8.27. The predicted molar refractivity (Wildman–Crippen MR) is 122 cm³/mol. The highest BCUT2D eigenvalue weighted by molar-refractivity contribution is 6.09. The lowest BCUT2D eigenvalue weighted by molar-refractivity contribution is -0.123. The van der Waals surface area contributed by atoms with Crippen molar-refractivity contribution in [2.75, 3.05) is 11.1 Å². The number of carbonyl (C=O) groups is 1. The Morgan fingerprint density at radius 1 is 1.06 bits per heavy atom. The highest BCUT2D eigenvalue weighted by Crippen LogP contribution is 2.55. The molecule has 0 atom stereocenters. The number of anilines is 2. The molecular formula is C25H21N5O2. The number of rotatable bonds is 4. The number of hydrogen-bond donors (Lipinski definition) is 2. The molecule has 3 N–H and O–H groups in total. The minimum Gasteiger partial charge on any atom is -0.454 e. The summed E-state index contributed by atoms with van der Waals surface area (Å²) in [5.41, 5.74) is 9.80. The van der Waals surface area contributed by atoms with Gasteiger partial charge in [-0.05, 0) is 60.9 Å². The van der Waals surface area contributed by atoms with Gasteiger partial charge in [-0.15, -0.1) is 0 Å². The monoisotopic (exact) mass is 423 g/mol. The fourth-order valence-electron chi connectivity index (χ4n) is 4.61. The number of nitrogens with two attached hydrogens (primary N) is 1. The summed E-state index contributed by atoms with van der Waals surface area (Å²) in [7, 11) is 0. The molecule has 32 heavy (non-hydrogen) atoms. The molecular weight excluding hydrogens is 402 g/mol. The van der Waals surface area contributed by atoms with Crippen molar-refractivity contribution >= 4 is 17.4 Å². The summed E-state index contributed by atoms with van der Waals surface area (Å²) in [4.78, 5) is 17.1. The molecule has 2 aromatic carbocycles. The van der Waals surface area contributed by atoms with Gasteiger partial charge in [0, 0.05) is 5.56 Å². The number of fused-ring (bicyclic) bond motifs is 2. The number of pyridine rings is 1. The second kappa shape index (κ2) is 6.95. The highest BCUT2D eigenvalue weighted by atomic mass is 16.5. The van der Waals surface area contributed by atoms with E-state index in [4.69, 9.17) is 10.5 Å². The number of carbonyl (C=O) groups excluding carboxylic acids is 1. The maximum absolute atomic E-state index is 13.0. The molecule has 1 fully saturated rings. The van der Waals surface area contributed by atoms with Crippen LogP contribution in [-0.4, -0.2) is 20.7 Å². The number of nitrogens with zero attached hydrogens (tertiary/aromatic N) is 3. The minimum absolute atomic E-state index is 0.0488. The summed E-state index contributed by atoms with van der Waals surface area (Å²) in [6, 6.07) is 19.5. The Hall–Kier alpha value is -4.13. The molecule has 1 amide bonds. The zero-order valence-corrected chi connectivity index (χ0v) is 17.3. The highest BCUT2D eigenvalue weighted by Gasteiger charge is 2.52. The van der Waals surface area contributed by atoms with Gasteiger partial charge in [0.1, 0.15) is 11.6 Å². The Labute approximate surface area is 184 Å². The van der Waals surface area contributed by atoms with Gasteiger partial charge in [0.05, 0.1) is 34.9 Å². The Morgan fingerprint density at radius 3 is 2.62 bits per heavy atom. The van der Waals surface area contributed by atoms with E-state index >= 15 is 0 Å². The van der Waals surface area contributed by atoms with Crippen LogP contribution in [0.1, 0.15) is 24.8 Å².